The van der Waals surface area contributed by atoms with Crippen molar-refractivity contribution >= 4 is 34.0 Å². The molecule has 2 fully saturated rings. The second kappa shape index (κ2) is 6.45. The smallest absolute Gasteiger partial charge is 0.271 e. The van der Waals surface area contributed by atoms with Gasteiger partial charge in [0.2, 0.25) is 11.8 Å². The van der Waals surface area contributed by atoms with Crippen LogP contribution in [0.2, 0.25) is 0 Å². The van der Waals surface area contributed by atoms with Crippen molar-refractivity contribution in [2.45, 2.75) is 6.04 Å². The molecule has 5 rings (SSSR count). The number of thiazole rings is 1. The molecule has 0 radical (unpaired) electrons. The van der Waals surface area contributed by atoms with Crippen molar-refractivity contribution in [1.82, 2.24) is 24.5 Å². The van der Waals surface area contributed by atoms with Crippen molar-refractivity contribution in [3.05, 3.63) is 47.6 Å². The number of carbonyl (C=O) groups excluding carboxylic acids is 3. The molecule has 2 aliphatic heterocycles. The molecule has 0 spiro atoms. The summed E-state index contributed by atoms with van der Waals surface area (Å²) in [7, 11) is 0. The number of rotatable bonds is 2. The van der Waals surface area contributed by atoms with E-state index in [1.54, 1.807) is 19.6 Å². The fourth-order valence-electron chi connectivity index (χ4n) is 3.72. The predicted octanol–water partition coefficient (Wildman–Crippen LogP) is 0.846. The molecule has 9 heteroatoms. The zero-order valence-electron chi connectivity index (χ0n) is 14.9. The fourth-order valence-corrected chi connectivity index (χ4v) is 4.57. The highest BCUT2D eigenvalue weighted by Crippen LogP contribution is 2.25. The number of nitrogens with zero attached hydrogens (tertiary/aromatic N) is 4. The SMILES string of the molecule is O=C1NCC(=O)N2CCN(C(=O)c3csc4nc(-c5ccccc5)cn34)C[C@@H]12. The molecule has 2 saturated heterocycles. The van der Waals surface area contributed by atoms with Gasteiger partial charge in [0.1, 0.15) is 11.7 Å². The summed E-state index contributed by atoms with van der Waals surface area (Å²) < 4.78 is 1.80. The molecule has 3 aromatic rings. The minimum atomic E-state index is -0.615. The van der Waals surface area contributed by atoms with E-state index in [9.17, 15) is 14.4 Å². The highest BCUT2D eigenvalue weighted by Gasteiger charge is 2.40. The molecular formula is C19H17N5O3S. The van der Waals surface area contributed by atoms with E-state index in [-0.39, 0.29) is 30.8 Å². The lowest BCUT2D eigenvalue weighted by Crippen LogP contribution is -2.66. The summed E-state index contributed by atoms with van der Waals surface area (Å²) in [5.74, 6) is -0.466. The third-order valence-electron chi connectivity index (χ3n) is 5.20. The Bertz CT molecular complexity index is 1090. The highest BCUT2D eigenvalue weighted by molar-refractivity contribution is 7.15. The molecule has 0 bridgehead atoms. The average molecular weight is 395 g/mol. The standard InChI is InChI=1S/C19H17N5O3S/c25-16-8-20-17(26)14-10-22(6-7-23(14)16)18(27)15-11-28-19-21-13(9-24(15)19)12-4-2-1-3-5-12/h1-5,9,11,14H,6-8,10H2,(H,20,26)/t14-/m0/s1. The van der Waals surface area contributed by atoms with Gasteiger partial charge in [0, 0.05) is 30.2 Å². The monoisotopic (exact) mass is 395 g/mol. The van der Waals surface area contributed by atoms with Crippen LogP contribution in [0.15, 0.2) is 41.9 Å². The second-order valence-corrected chi connectivity index (χ2v) is 7.67. The maximum Gasteiger partial charge on any atom is 0.271 e. The lowest BCUT2D eigenvalue weighted by atomic mass is 10.1. The number of hydrogen-bond acceptors (Lipinski definition) is 5. The molecule has 4 heterocycles. The highest BCUT2D eigenvalue weighted by atomic mass is 32.1. The fraction of sp³-hybridized carbons (Fsp3) is 0.263. The van der Waals surface area contributed by atoms with Gasteiger partial charge in [0.25, 0.3) is 5.91 Å². The second-order valence-electron chi connectivity index (χ2n) is 6.84. The summed E-state index contributed by atoms with van der Waals surface area (Å²) in [5, 5.41) is 4.38. The minimum absolute atomic E-state index is 0.0335. The molecule has 1 N–H and O–H groups in total. The van der Waals surface area contributed by atoms with Gasteiger partial charge in [-0.2, -0.15) is 0 Å². The lowest BCUT2D eigenvalue weighted by Gasteiger charge is -2.42. The number of imidazole rings is 1. The largest absolute Gasteiger partial charge is 0.345 e. The third-order valence-corrected chi connectivity index (χ3v) is 6.04. The third kappa shape index (κ3) is 2.66. The summed E-state index contributed by atoms with van der Waals surface area (Å²) in [6.45, 7) is 1.01. The zero-order chi connectivity index (χ0) is 19.3. The van der Waals surface area contributed by atoms with Gasteiger partial charge in [-0.05, 0) is 0 Å². The Labute approximate surface area is 164 Å². The van der Waals surface area contributed by atoms with Crippen LogP contribution in [0.25, 0.3) is 16.2 Å². The molecule has 3 amide bonds. The minimum Gasteiger partial charge on any atom is -0.345 e. The molecule has 142 valence electrons. The molecular weight excluding hydrogens is 378 g/mol. The summed E-state index contributed by atoms with van der Waals surface area (Å²) >= 11 is 1.41. The summed E-state index contributed by atoms with van der Waals surface area (Å²) in [5.41, 5.74) is 2.32. The molecule has 0 saturated carbocycles. The van der Waals surface area contributed by atoms with Crippen LogP contribution < -0.4 is 5.32 Å². The molecule has 1 aromatic carbocycles. The van der Waals surface area contributed by atoms with Crippen molar-refractivity contribution in [2.24, 2.45) is 0 Å². The number of fused-ring (bicyclic) bond motifs is 2. The first-order chi connectivity index (χ1) is 13.6. The van der Waals surface area contributed by atoms with E-state index < -0.39 is 6.04 Å². The van der Waals surface area contributed by atoms with Crippen LogP contribution in [0.3, 0.4) is 0 Å². The van der Waals surface area contributed by atoms with Crippen molar-refractivity contribution in [2.75, 3.05) is 26.2 Å². The predicted molar refractivity (Wildman–Crippen MR) is 103 cm³/mol. The van der Waals surface area contributed by atoms with Crippen LogP contribution in [0.5, 0.6) is 0 Å². The Morgan fingerprint density at radius 2 is 2.00 bits per heavy atom. The van der Waals surface area contributed by atoms with E-state index in [4.69, 9.17) is 0 Å². The quantitative estimate of drug-likeness (QED) is 0.697. The van der Waals surface area contributed by atoms with Gasteiger partial charge in [-0.1, -0.05) is 30.3 Å². The van der Waals surface area contributed by atoms with Crippen LogP contribution in [0.4, 0.5) is 0 Å². The Hall–Kier alpha value is -3.20. The maximum absolute atomic E-state index is 13.1. The molecule has 1 atom stereocenters. The van der Waals surface area contributed by atoms with Gasteiger partial charge in [-0.15, -0.1) is 11.3 Å². The molecule has 8 nitrogen and oxygen atoms in total. The van der Waals surface area contributed by atoms with Gasteiger partial charge >= 0.3 is 0 Å². The number of piperazine rings is 2. The van der Waals surface area contributed by atoms with E-state index in [2.05, 4.69) is 10.3 Å². The Morgan fingerprint density at radius 1 is 1.18 bits per heavy atom. The topological polar surface area (TPSA) is 87.0 Å². The number of benzene rings is 1. The van der Waals surface area contributed by atoms with Gasteiger partial charge in [-0.25, -0.2) is 4.98 Å². The van der Waals surface area contributed by atoms with Gasteiger partial charge in [0.05, 0.1) is 18.8 Å². The number of nitrogens with one attached hydrogen (secondary N) is 1. The number of amides is 3. The normalized spacial score (nSPS) is 19.6. The van der Waals surface area contributed by atoms with Crippen LogP contribution >= 0.6 is 11.3 Å². The first-order valence-electron chi connectivity index (χ1n) is 9.00. The molecule has 2 aliphatic rings. The van der Waals surface area contributed by atoms with E-state index in [1.165, 1.54) is 11.3 Å². The van der Waals surface area contributed by atoms with Crippen molar-refractivity contribution < 1.29 is 14.4 Å². The molecule has 2 aromatic heterocycles. The van der Waals surface area contributed by atoms with Crippen LogP contribution in [0.1, 0.15) is 10.5 Å². The molecule has 28 heavy (non-hydrogen) atoms. The van der Waals surface area contributed by atoms with Crippen LogP contribution in [0, 0.1) is 0 Å². The number of carbonyl (C=O) groups is 3. The zero-order valence-corrected chi connectivity index (χ0v) is 15.7. The molecule has 0 unspecified atom stereocenters. The summed E-state index contributed by atoms with van der Waals surface area (Å²) in [6.07, 6.45) is 1.86. The number of aromatic nitrogens is 2. The lowest BCUT2D eigenvalue weighted by molar-refractivity contribution is -0.148. The van der Waals surface area contributed by atoms with Gasteiger partial charge in [-0.3, -0.25) is 18.8 Å². The van der Waals surface area contributed by atoms with Crippen molar-refractivity contribution in [1.29, 1.82) is 0 Å². The van der Waals surface area contributed by atoms with Crippen LogP contribution in [-0.2, 0) is 9.59 Å². The van der Waals surface area contributed by atoms with E-state index in [1.807, 2.05) is 36.5 Å². The maximum atomic E-state index is 13.1. The van der Waals surface area contributed by atoms with Crippen LogP contribution in [-0.4, -0.2) is 69.1 Å². The summed E-state index contributed by atoms with van der Waals surface area (Å²) in [6, 6.07) is 9.19. The van der Waals surface area contributed by atoms with Crippen molar-refractivity contribution in [3.63, 3.8) is 0 Å². The van der Waals surface area contributed by atoms with Crippen molar-refractivity contribution in [3.8, 4) is 11.3 Å². The first-order valence-corrected chi connectivity index (χ1v) is 9.88. The average Bonchev–Trinajstić information content (AvgIpc) is 3.32. The van der Waals surface area contributed by atoms with Gasteiger partial charge < -0.3 is 15.1 Å². The Morgan fingerprint density at radius 3 is 2.82 bits per heavy atom. The summed E-state index contributed by atoms with van der Waals surface area (Å²) in [4.78, 5) is 45.8. The Balaban J connectivity index is 1.42. The van der Waals surface area contributed by atoms with E-state index in [0.717, 1.165) is 16.2 Å². The Kier molecular flexibility index (Phi) is 3.90. The van der Waals surface area contributed by atoms with Gasteiger partial charge in [0.15, 0.2) is 4.96 Å². The van der Waals surface area contributed by atoms with E-state index in [0.29, 0.717) is 18.8 Å². The molecule has 0 aliphatic carbocycles. The van der Waals surface area contributed by atoms with E-state index >= 15 is 0 Å². The number of hydrogen-bond donors (Lipinski definition) is 1. The first kappa shape index (κ1) is 16.9.